The summed E-state index contributed by atoms with van der Waals surface area (Å²) in [5.74, 6) is -4.15. The Kier molecular flexibility index (Phi) is 7.73. The van der Waals surface area contributed by atoms with Crippen LogP contribution in [0.25, 0.3) is 0 Å². The number of hydrogen-bond donors (Lipinski definition) is 5. The minimum atomic E-state index is -1.22. The van der Waals surface area contributed by atoms with Gasteiger partial charge in [0.2, 0.25) is 17.7 Å². The number of hydrogen-bond acceptors (Lipinski definition) is 5. The van der Waals surface area contributed by atoms with E-state index in [1.165, 1.54) is 12.5 Å². The third kappa shape index (κ3) is 5.27. The van der Waals surface area contributed by atoms with Crippen molar-refractivity contribution < 1.29 is 24.7 Å². The van der Waals surface area contributed by atoms with Crippen molar-refractivity contribution in [3.05, 3.63) is 35.9 Å². The molecule has 0 saturated heterocycles. The lowest BCUT2D eigenvalue weighted by Gasteiger charge is -2.32. The smallest absolute Gasteiger partial charge is 0.249 e. The third-order valence-electron chi connectivity index (χ3n) is 4.15. The monoisotopic (exact) mass is 365 g/mol. The molecule has 0 bridgehead atoms. The number of aliphatic hydroxyl groups excluding tert-OH is 1. The van der Waals surface area contributed by atoms with E-state index in [-0.39, 0.29) is 5.91 Å². The minimum Gasteiger partial charge on any atom is -0.396 e. The molecule has 0 heterocycles. The Balaban J connectivity index is 3.27. The van der Waals surface area contributed by atoms with E-state index in [1.54, 1.807) is 51.1 Å². The molecule has 3 amide bonds. The lowest BCUT2D eigenvalue weighted by molar-refractivity contribution is -0.140. The van der Waals surface area contributed by atoms with Crippen molar-refractivity contribution in [2.45, 2.75) is 32.7 Å². The highest BCUT2D eigenvalue weighted by atomic mass is 16.5. The largest absolute Gasteiger partial charge is 0.396 e. The number of carbonyl (C=O) groups excluding carboxylic acids is 3. The average molecular weight is 365 g/mol. The van der Waals surface area contributed by atoms with Crippen LogP contribution in [-0.2, 0) is 14.4 Å². The number of hydroxylamine groups is 1. The summed E-state index contributed by atoms with van der Waals surface area (Å²) in [6.07, 6.45) is 0. The molecular formula is C18H27N3O5. The zero-order valence-electron chi connectivity index (χ0n) is 15.4. The topological polar surface area (TPSA) is 128 Å². The molecule has 0 aliphatic heterocycles. The number of likely N-dealkylation sites (N-methyl/N-ethyl adjacent to an activating group) is 1. The lowest BCUT2D eigenvalue weighted by Crippen LogP contribution is -2.55. The predicted octanol–water partition coefficient (Wildman–Crippen LogP) is 0.161. The van der Waals surface area contributed by atoms with E-state index in [2.05, 4.69) is 10.6 Å². The van der Waals surface area contributed by atoms with E-state index in [9.17, 15) is 19.5 Å². The van der Waals surface area contributed by atoms with Crippen LogP contribution in [0.3, 0.4) is 0 Å². The van der Waals surface area contributed by atoms with Crippen LogP contribution in [0.4, 0.5) is 0 Å². The summed E-state index contributed by atoms with van der Waals surface area (Å²) in [7, 11) is 1.47. The zero-order valence-corrected chi connectivity index (χ0v) is 15.4. The first-order valence-corrected chi connectivity index (χ1v) is 8.29. The van der Waals surface area contributed by atoms with Gasteiger partial charge in [-0.25, -0.2) is 5.48 Å². The summed E-state index contributed by atoms with van der Waals surface area (Å²) < 4.78 is 0. The summed E-state index contributed by atoms with van der Waals surface area (Å²) >= 11 is 0. The van der Waals surface area contributed by atoms with Gasteiger partial charge in [-0.05, 0) is 11.0 Å². The Labute approximate surface area is 152 Å². The minimum absolute atomic E-state index is 0.371. The van der Waals surface area contributed by atoms with E-state index < -0.39 is 41.7 Å². The number of nitrogens with one attached hydrogen (secondary N) is 3. The molecule has 1 aromatic carbocycles. The van der Waals surface area contributed by atoms with Crippen LogP contribution < -0.4 is 16.1 Å². The molecule has 0 aromatic heterocycles. The number of benzene rings is 1. The zero-order chi connectivity index (χ0) is 19.9. The molecule has 8 nitrogen and oxygen atoms in total. The predicted molar refractivity (Wildman–Crippen MR) is 95.1 cm³/mol. The Morgan fingerprint density at radius 1 is 1.04 bits per heavy atom. The fourth-order valence-electron chi connectivity index (χ4n) is 2.70. The molecule has 26 heavy (non-hydrogen) atoms. The standard InChI is InChI=1S/C18H27N3O5/c1-18(2,3)14(17(25)19-4)20-16(24)13(11-8-6-5-7-9-11)12(10-22)15(23)21-26/h5-9,12-14,22,26H,10H2,1-4H3,(H,19,25)(H,20,24)(H,21,23)/t12-,13-,14-/m1/s1. The van der Waals surface area contributed by atoms with Crippen LogP contribution in [-0.4, -0.2) is 47.7 Å². The first-order valence-electron chi connectivity index (χ1n) is 8.29. The molecule has 0 aliphatic rings. The number of carbonyl (C=O) groups is 3. The number of amides is 3. The molecule has 144 valence electrons. The van der Waals surface area contributed by atoms with Gasteiger partial charge >= 0.3 is 0 Å². The van der Waals surface area contributed by atoms with Crippen molar-refractivity contribution >= 4 is 17.7 Å². The fourth-order valence-corrected chi connectivity index (χ4v) is 2.70. The van der Waals surface area contributed by atoms with Crippen molar-refractivity contribution in [3.8, 4) is 0 Å². The Morgan fingerprint density at radius 2 is 1.62 bits per heavy atom. The first-order chi connectivity index (χ1) is 12.2. The summed E-state index contributed by atoms with van der Waals surface area (Å²) in [5.41, 5.74) is 1.39. The summed E-state index contributed by atoms with van der Waals surface area (Å²) in [4.78, 5) is 37.1. The second kappa shape index (κ2) is 9.30. The maximum Gasteiger partial charge on any atom is 0.249 e. The van der Waals surface area contributed by atoms with Gasteiger partial charge in [0.05, 0.1) is 18.4 Å². The van der Waals surface area contributed by atoms with Crippen molar-refractivity contribution in [3.63, 3.8) is 0 Å². The Morgan fingerprint density at radius 3 is 2.04 bits per heavy atom. The van der Waals surface area contributed by atoms with Crippen LogP contribution in [0.5, 0.6) is 0 Å². The molecule has 0 spiro atoms. The second-order valence-corrected chi connectivity index (χ2v) is 7.08. The third-order valence-corrected chi connectivity index (χ3v) is 4.15. The van der Waals surface area contributed by atoms with Crippen LogP contribution in [0, 0.1) is 11.3 Å². The van der Waals surface area contributed by atoms with Crippen molar-refractivity contribution in [2.24, 2.45) is 11.3 Å². The van der Waals surface area contributed by atoms with Gasteiger partial charge in [0.1, 0.15) is 6.04 Å². The van der Waals surface area contributed by atoms with Gasteiger partial charge in [-0.15, -0.1) is 0 Å². The van der Waals surface area contributed by atoms with Crippen LogP contribution in [0.2, 0.25) is 0 Å². The number of aliphatic hydroxyl groups is 1. The maximum absolute atomic E-state index is 13.0. The van der Waals surface area contributed by atoms with E-state index in [0.29, 0.717) is 5.56 Å². The highest BCUT2D eigenvalue weighted by molar-refractivity contribution is 5.94. The van der Waals surface area contributed by atoms with E-state index in [0.717, 1.165) is 0 Å². The highest BCUT2D eigenvalue weighted by Gasteiger charge is 2.39. The van der Waals surface area contributed by atoms with Gasteiger partial charge in [0.25, 0.3) is 0 Å². The van der Waals surface area contributed by atoms with E-state index in [1.807, 2.05) is 0 Å². The van der Waals surface area contributed by atoms with E-state index in [4.69, 9.17) is 5.21 Å². The molecule has 3 atom stereocenters. The molecule has 1 rings (SSSR count). The van der Waals surface area contributed by atoms with Crippen LogP contribution in [0.1, 0.15) is 32.3 Å². The molecule has 8 heteroatoms. The van der Waals surface area contributed by atoms with Crippen molar-refractivity contribution in [2.75, 3.05) is 13.7 Å². The SMILES string of the molecule is CNC(=O)[C@@H](NC(=O)[C@H](c1ccccc1)[C@@H](CO)C(=O)NO)C(C)(C)C. The summed E-state index contributed by atoms with van der Waals surface area (Å²) in [5, 5.41) is 23.8. The van der Waals surface area contributed by atoms with Gasteiger partial charge in [-0.3, -0.25) is 19.6 Å². The Hall–Kier alpha value is -2.45. The molecule has 0 unspecified atom stereocenters. The maximum atomic E-state index is 13.0. The van der Waals surface area contributed by atoms with Crippen LogP contribution >= 0.6 is 0 Å². The van der Waals surface area contributed by atoms with Gasteiger partial charge in [0.15, 0.2) is 0 Å². The molecule has 0 fully saturated rings. The second-order valence-electron chi connectivity index (χ2n) is 7.08. The first kappa shape index (κ1) is 21.6. The van der Waals surface area contributed by atoms with Crippen molar-refractivity contribution in [1.82, 2.24) is 16.1 Å². The van der Waals surface area contributed by atoms with Gasteiger partial charge in [-0.2, -0.15) is 0 Å². The molecule has 1 aromatic rings. The van der Waals surface area contributed by atoms with Crippen molar-refractivity contribution in [1.29, 1.82) is 0 Å². The van der Waals surface area contributed by atoms with E-state index >= 15 is 0 Å². The van der Waals surface area contributed by atoms with Gasteiger partial charge in [-0.1, -0.05) is 51.1 Å². The highest BCUT2D eigenvalue weighted by Crippen LogP contribution is 2.27. The Bertz CT molecular complexity index is 627. The normalized spacial score (nSPS) is 14.7. The summed E-state index contributed by atoms with van der Waals surface area (Å²) in [6.45, 7) is 4.75. The average Bonchev–Trinajstić information content (AvgIpc) is 2.62. The quantitative estimate of drug-likeness (QED) is 0.347. The number of rotatable bonds is 7. The summed E-state index contributed by atoms with van der Waals surface area (Å²) in [6, 6.07) is 7.58. The van der Waals surface area contributed by atoms with Crippen LogP contribution in [0.15, 0.2) is 30.3 Å². The molecule has 5 N–H and O–H groups in total. The molecule has 0 radical (unpaired) electrons. The lowest BCUT2D eigenvalue weighted by atomic mass is 9.82. The molecular weight excluding hydrogens is 338 g/mol. The fraction of sp³-hybridized carbons (Fsp3) is 0.500. The molecule has 0 aliphatic carbocycles. The molecule has 0 saturated carbocycles. The van der Waals surface area contributed by atoms with Gasteiger partial charge in [0, 0.05) is 7.05 Å². The van der Waals surface area contributed by atoms with Gasteiger partial charge < -0.3 is 15.7 Å².